The van der Waals surface area contributed by atoms with Gasteiger partial charge in [-0.1, -0.05) is 40.2 Å². The minimum Gasteiger partial charge on any atom is -0.468 e. The Labute approximate surface area is 248 Å². The van der Waals surface area contributed by atoms with Crippen LogP contribution in [0, 0.1) is 5.92 Å². The van der Waals surface area contributed by atoms with Crippen LogP contribution in [0.25, 0.3) is 0 Å². The highest BCUT2D eigenvalue weighted by atomic mass is 16.8. The van der Waals surface area contributed by atoms with Crippen LogP contribution in [-0.4, -0.2) is 68.5 Å². The maximum Gasteiger partial charge on any atom is 0.514 e. The molecule has 1 aromatic carbocycles. The molecule has 0 radical (unpaired) electrons. The van der Waals surface area contributed by atoms with E-state index in [2.05, 4.69) is 5.32 Å². The van der Waals surface area contributed by atoms with E-state index in [1.807, 2.05) is 27.7 Å². The molecular formula is C30H47NO11. The van der Waals surface area contributed by atoms with Crippen molar-refractivity contribution < 1.29 is 52.3 Å². The second-order valence-electron chi connectivity index (χ2n) is 11.1. The summed E-state index contributed by atoms with van der Waals surface area (Å²) in [6, 6.07) is 3.64. The molecule has 1 aromatic rings. The predicted molar refractivity (Wildman–Crippen MR) is 154 cm³/mol. The van der Waals surface area contributed by atoms with E-state index in [4.69, 9.17) is 33.2 Å². The van der Waals surface area contributed by atoms with Crippen molar-refractivity contribution in [3.8, 4) is 11.5 Å². The second-order valence-corrected chi connectivity index (χ2v) is 11.1. The van der Waals surface area contributed by atoms with Crippen LogP contribution in [-0.2, 0) is 34.9 Å². The van der Waals surface area contributed by atoms with Gasteiger partial charge in [-0.15, -0.1) is 0 Å². The molecule has 42 heavy (non-hydrogen) atoms. The van der Waals surface area contributed by atoms with E-state index in [9.17, 15) is 19.2 Å². The van der Waals surface area contributed by atoms with E-state index >= 15 is 0 Å². The van der Waals surface area contributed by atoms with E-state index < -0.39 is 41.7 Å². The Balaban J connectivity index is 3.04. The van der Waals surface area contributed by atoms with Crippen LogP contribution in [0.3, 0.4) is 0 Å². The van der Waals surface area contributed by atoms with Crippen LogP contribution < -0.4 is 14.8 Å². The van der Waals surface area contributed by atoms with E-state index in [1.54, 1.807) is 33.8 Å². The molecule has 2 atom stereocenters. The lowest BCUT2D eigenvalue weighted by molar-refractivity contribution is -0.143. The lowest BCUT2D eigenvalue weighted by Crippen LogP contribution is -2.41. The van der Waals surface area contributed by atoms with Gasteiger partial charge in [0.25, 0.3) is 0 Å². The van der Waals surface area contributed by atoms with Crippen LogP contribution in [0.4, 0.5) is 14.4 Å². The number of rotatable bonds is 16. The lowest BCUT2D eigenvalue weighted by atomic mass is 10.1. The number of carbonyl (C=O) groups excluding carboxylic acids is 4. The molecule has 12 nitrogen and oxygen atoms in total. The lowest BCUT2D eigenvalue weighted by Gasteiger charge is -2.24. The van der Waals surface area contributed by atoms with Crippen molar-refractivity contribution in [2.75, 3.05) is 26.9 Å². The van der Waals surface area contributed by atoms with Gasteiger partial charge in [-0.2, -0.15) is 0 Å². The molecular weight excluding hydrogens is 550 g/mol. The van der Waals surface area contributed by atoms with Crippen LogP contribution in [0.2, 0.25) is 0 Å². The van der Waals surface area contributed by atoms with Crippen LogP contribution in [0.1, 0.15) is 80.2 Å². The molecule has 0 spiro atoms. The summed E-state index contributed by atoms with van der Waals surface area (Å²) in [7, 11) is 1.25. The van der Waals surface area contributed by atoms with Crippen molar-refractivity contribution in [1.82, 2.24) is 5.32 Å². The molecule has 12 heteroatoms. The normalized spacial score (nSPS) is 12.9. The van der Waals surface area contributed by atoms with Gasteiger partial charge in [-0.3, -0.25) is 4.79 Å². The van der Waals surface area contributed by atoms with E-state index in [1.165, 1.54) is 19.2 Å². The number of hydrogen-bond donors (Lipinski definition) is 1. The summed E-state index contributed by atoms with van der Waals surface area (Å²) in [6.07, 6.45) is -0.697. The Morgan fingerprint density at radius 3 is 1.93 bits per heavy atom. The zero-order valence-corrected chi connectivity index (χ0v) is 26.3. The Morgan fingerprint density at radius 2 is 1.40 bits per heavy atom. The quantitative estimate of drug-likeness (QED) is 0.104. The number of esters is 1. The van der Waals surface area contributed by atoms with E-state index in [0.29, 0.717) is 18.4 Å². The average Bonchev–Trinajstić information content (AvgIpc) is 2.93. The molecule has 1 unspecified atom stereocenters. The summed E-state index contributed by atoms with van der Waals surface area (Å²) in [5, 5.41) is 2.98. The average molecular weight is 598 g/mol. The van der Waals surface area contributed by atoms with Crippen molar-refractivity contribution >= 4 is 24.4 Å². The standard InChI is InChI=1S/C30H47NO11/c1-10-20(4)19-38-26(33)37-16-15-31-22(25(32)36-9)17-21-13-14-23(39-27(34)41-29(5,6)11-2)24(18-21)40-28(35)42-30(7,8)12-3/h13-14,18,20,22,31H,10-12,15-17,19H2,1-9H3/t20?,22-/m0/s1. The van der Waals surface area contributed by atoms with Crippen molar-refractivity contribution in [3.05, 3.63) is 23.8 Å². The van der Waals surface area contributed by atoms with Gasteiger partial charge in [-0.25, -0.2) is 14.4 Å². The molecule has 0 bridgehead atoms. The Bertz CT molecular complexity index is 1040. The van der Waals surface area contributed by atoms with Crippen LogP contribution in [0.5, 0.6) is 11.5 Å². The third-order valence-electron chi connectivity index (χ3n) is 6.64. The monoisotopic (exact) mass is 597 g/mol. The highest BCUT2D eigenvalue weighted by molar-refractivity contribution is 5.76. The first-order valence-electron chi connectivity index (χ1n) is 14.2. The van der Waals surface area contributed by atoms with Crippen molar-refractivity contribution in [1.29, 1.82) is 0 Å². The number of benzene rings is 1. The van der Waals surface area contributed by atoms with Crippen molar-refractivity contribution in [2.24, 2.45) is 5.92 Å². The highest BCUT2D eigenvalue weighted by Crippen LogP contribution is 2.31. The number of nitrogens with one attached hydrogen (secondary N) is 1. The molecule has 238 valence electrons. The van der Waals surface area contributed by atoms with Gasteiger partial charge in [0, 0.05) is 6.54 Å². The minimum atomic E-state index is -0.994. The SMILES string of the molecule is CCC(C)COC(=O)OCCN[C@@H](Cc1ccc(OC(=O)OC(C)(C)CC)c(OC(=O)OC(C)(C)CC)c1)C(=O)OC. The molecule has 1 rings (SSSR count). The molecule has 0 fully saturated rings. The van der Waals surface area contributed by atoms with Gasteiger partial charge in [0.2, 0.25) is 0 Å². The van der Waals surface area contributed by atoms with Crippen LogP contribution >= 0.6 is 0 Å². The van der Waals surface area contributed by atoms with E-state index in [-0.39, 0.29) is 43.6 Å². The molecule has 0 aliphatic carbocycles. The Kier molecular flexibility index (Phi) is 15.1. The van der Waals surface area contributed by atoms with Crippen LogP contribution in [0.15, 0.2) is 18.2 Å². The van der Waals surface area contributed by atoms with Gasteiger partial charge >= 0.3 is 24.4 Å². The van der Waals surface area contributed by atoms with Gasteiger partial charge in [-0.05, 0) is 70.6 Å². The Hall–Kier alpha value is -3.54. The third kappa shape index (κ3) is 13.9. The summed E-state index contributed by atoms with van der Waals surface area (Å²) >= 11 is 0. The fourth-order valence-corrected chi connectivity index (χ4v) is 3.01. The molecule has 0 aromatic heterocycles. The topological polar surface area (TPSA) is 145 Å². The van der Waals surface area contributed by atoms with Crippen molar-refractivity contribution in [3.63, 3.8) is 0 Å². The predicted octanol–water partition coefficient (Wildman–Crippen LogP) is 5.97. The number of methoxy groups -OCH3 is 1. The van der Waals surface area contributed by atoms with Gasteiger partial charge in [0.1, 0.15) is 23.9 Å². The van der Waals surface area contributed by atoms with Gasteiger partial charge in [0.15, 0.2) is 11.5 Å². The molecule has 0 saturated carbocycles. The smallest absolute Gasteiger partial charge is 0.468 e. The summed E-state index contributed by atoms with van der Waals surface area (Å²) in [5.74, 6) is -0.522. The number of ether oxygens (including phenoxy) is 7. The number of carbonyl (C=O) groups is 4. The summed E-state index contributed by atoms with van der Waals surface area (Å²) in [4.78, 5) is 49.2. The number of hydrogen-bond acceptors (Lipinski definition) is 12. The van der Waals surface area contributed by atoms with Gasteiger partial charge < -0.3 is 38.5 Å². The molecule has 0 aliphatic rings. The van der Waals surface area contributed by atoms with Crippen molar-refractivity contribution in [2.45, 2.75) is 98.3 Å². The fraction of sp³-hybridized carbons (Fsp3) is 0.667. The fourth-order valence-electron chi connectivity index (χ4n) is 3.01. The largest absolute Gasteiger partial charge is 0.514 e. The minimum absolute atomic E-state index is 0.0384. The maximum atomic E-state index is 12.6. The Morgan fingerprint density at radius 1 is 0.833 bits per heavy atom. The zero-order chi connectivity index (χ0) is 31.9. The first kappa shape index (κ1) is 36.5. The molecule has 0 amide bonds. The maximum absolute atomic E-state index is 12.6. The summed E-state index contributed by atoms with van der Waals surface area (Å²) in [6.45, 7) is 15.0. The first-order valence-corrected chi connectivity index (χ1v) is 14.2. The van der Waals surface area contributed by atoms with Gasteiger partial charge in [0.05, 0.1) is 13.7 Å². The molecule has 0 aliphatic heterocycles. The first-order chi connectivity index (χ1) is 19.6. The van der Waals surface area contributed by atoms with E-state index in [0.717, 1.165) is 6.42 Å². The highest BCUT2D eigenvalue weighted by Gasteiger charge is 2.27. The summed E-state index contributed by atoms with van der Waals surface area (Å²) in [5.41, 5.74) is -1.02. The molecule has 1 N–H and O–H groups in total. The third-order valence-corrected chi connectivity index (χ3v) is 6.64. The second kappa shape index (κ2) is 17.4. The zero-order valence-electron chi connectivity index (χ0n) is 26.3. The summed E-state index contributed by atoms with van der Waals surface area (Å²) < 4.78 is 36.5. The molecule has 0 heterocycles. The molecule has 0 saturated heterocycles.